The SMILES string of the molecule is O=C(c1cncc(F)c1)N1CCc2oc(CCc3ccccc3)nc2C1. The molecule has 26 heavy (non-hydrogen) atoms. The van der Waals surface area contributed by atoms with Gasteiger partial charge in [-0.05, 0) is 18.1 Å². The maximum absolute atomic E-state index is 13.3. The molecule has 0 saturated heterocycles. The zero-order valence-electron chi connectivity index (χ0n) is 14.2. The third-order valence-corrected chi connectivity index (χ3v) is 4.48. The Morgan fingerprint density at radius 1 is 1.19 bits per heavy atom. The molecule has 0 N–H and O–H groups in total. The number of halogens is 1. The van der Waals surface area contributed by atoms with E-state index in [1.807, 2.05) is 18.2 Å². The second-order valence-corrected chi connectivity index (χ2v) is 6.33. The lowest BCUT2D eigenvalue weighted by atomic mass is 10.1. The Balaban J connectivity index is 1.44. The van der Waals surface area contributed by atoms with Crippen molar-refractivity contribution in [1.82, 2.24) is 14.9 Å². The average molecular weight is 351 g/mol. The first-order valence-corrected chi connectivity index (χ1v) is 8.60. The maximum atomic E-state index is 13.3. The van der Waals surface area contributed by atoms with Crippen molar-refractivity contribution in [3.63, 3.8) is 0 Å². The van der Waals surface area contributed by atoms with E-state index in [0.29, 0.717) is 25.4 Å². The molecule has 0 radical (unpaired) electrons. The molecule has 1 amide bonds. The molecule has 5 nitrogen and oxygen atoms in total. The largest absolute Gasteiger partial charge is 0.445 e. The summed E-state index contributed by atoms with van der Waals surface area (Å²) in [4.78, 5) is 22.5. The normalized spacial score (nSPS) is 13.5. The highest BCUT2D eigenvalue weighted by Crippen LogP contribution is 2.22. The Morgan fingerprint density at radius 2 is 2.04 bits per heavy atom. The van der Waals surface area contributed by atoms with Crippen molar-refractivity contribution in [3.8, 4) is 0 Å². The molecule has 0 fully saturated rings. The molecule has 1 aliphatic rings. The van der Waals surface area contributed by atoms with Crippen LogP contribution in [0.2, 0.25) is 0 Å². The van der Waals surface area contributed by atoms with Gasteiger partial charge in [-0.1, -0.05) is 30.3 Å². The number of amides is 1. The van der Waals surface area contributed by atoms with Crippen LogP contribution >= 0.6 is 0 Å². The van der Waals surface area contributed by atoms with Gasteiger partial charge in [0.1, 0.15) is 17.3 Å². The van der Waals surface area contributed by atoms with E-state index in [1.54, 1.807) is 4.90 Å². The van der Waals surface area contributed by atoms with Crippen molar-refractivity contribution in [2.75, 3.05) is 6.54 Å². The average Bonchev–Trinajstić information content (AvgIpc) is 3.08. The fourth-order valence-corrected chi connectivity index (χ4v) is 3.14. The van der Waals surface area contributed by atoms with Crippen molar-refractivity contribution in [1.29, 1.82) is 0 Å². The van der Waals surface area contributed by atoms with Crippen LogP contribution in [0.4, 0.5) is 4.39 Å². The smallest absolute Gasteiger partial charge is 0.255 e. The molecule has 1 aromatic carbocycles. The van der Waals surface area contributed by atoms with Gasteiger partial charge in [0, 0.05) is 25.6 Å². The molecular formula is C20H18FN3O2. The van der Waals surface area contributed by atoms with Gasteiger partial charge in [-0.15, -0.1) is 0 Å². The van der Waals surface area contributed by atoms with Gasteiger partial charge in [0.05, 0.1) is 18.3 Å². The summed E-state index contributed by atoms with van der Waals surface area (Å²) in [6, 6.07) is 11.4. The van der Waals surface area contributed by atoms with Crippen LogP contribution in [0.5, 0.6) is 0 Å². The number of pyridine rings is 1. The minimum absolute atomic E-state index is 0.239. The monoisotopic (exact) mass is 351 g/mol. The molecule has 0 bridgehead atoms. The second kappa shape index (κ2) is 7.07. The molecule has 0 spiro atoms. The molecule has 0 saturated carbocycles. The Labute approximate surface area is 150 Å². The molecule has 132 valence electrons. The van der Waals surface area contributed by atoms with Gasteiger partial charge in [0.25, 0.3) is 5.91 Å². The van der Waals surface area contributed by atoms with Crippen LogP contribution < -0.4 is 0 Å². The summed E-state index contributed by atoms with van der Waals surface area (Å²) in [6.45, 7) is 0.898. The Morgan fingerprint density at radius 3 is 2.85 bits per heavy atom. The van der Waals surface area contributed by atoms with Crippen LogP contribution in [0.25, 0.3) is 0 Å². The Kier molecular flexibility index (Phi) is 4.48. The first kappa shape index (κ1) is 16.4. The summed E-state index contributed by atoms with van der Waals surface area (Å²) in [5.74, 6) is 0.782. The summed E-state index contributed by atoms with van der Waals surface area (Å²) >= 11 is 0. The van der Waals surface area contributed by atoms with Crippen LogP contribution in [0, 0.1) is 5.82 Å². The van der Waals surface area contributed by atoms with E-state index in [4.69, 9.17) is 4.42 Å². The molecule has 2 aromatic heterocycles. The number of aromatic nitrogens is 2. The van der Waals surface area contributed by atoms with Gasteiger partial charge < -0.3 is 9.32 Å². The van der Waals surface area contributed by atoms with Crippen molar-refractivity contribution < 1.29 is 13.6 Å². The van der Waals surface area contributed by atoms with Crippen LogP contribution in [0.3, 0.4) is 0 Å². The van der Waals surface area contributed by atoms with E-state index < -0.39 is 5.82 Å². The summed E-state index contributed by atoms with van der Waals surface area (Å²) in [7, 11) is 0. The summed E-state index contributed by atoms with van der Waals surface area (Å²) in [5, 5.41) is 0. The number of hydrogen-bond acceptors (Lipinski definition) is 4. The number of hydrogen-bond donors (Lipinski definition) is 0. The topological polar surface area (TPSA) is 59.2 Å². The first-order valence-electron chi connectivity index (χ1n) is 8.60. The summed E-state index contributed by atoms with van der Waals surface area (Å²) in [6.07, 6.45) is 4.66. The lowest BCUT2D eigenvalue weighted by Crippen LogP contribution is -2.35. The molecule has 0 unspecified atom stereocenters. The van der Waals surface area contributed by atoms with E-state index in [1.165, 1.54) is 17.8 Å². The number of aryl methyl sites for hydroxylation is 2. The number of fused-ring (bicyclic) bond motifs is 1. The predicted octanol–water partition coefficient (Wildman–Crippen LogP) is 3.19. The quantitative estimate of drug-likeness (QED) is 0.724. The number of benzene rings is 1. The number of oxazole rings is 1. The van der Waals surface area contributed by atoms with E-state index in [0.717, 1.165) is 30.5 Å². The highest BCUT2D eigenvalue weighted by molar-refractivity contribution is 5.94. The minimum Gasteiger partial charge on any atom is -0.445 e. The first-order chi connectivity index (χ1) is 12.7. The van der Waals surface area contributed by atoms with Gasteiger partial charge in [-0.3, -0.25) is 9.78 Å². The van der Waals surface area contributed by atoms with Crippen molar-refractivity contribution in [2.24, 2.45) is 0 Å². The summed E-state index contributed by atoms with van der Waals surface area (Å²) in [5.41, 5.74) is 2.28. The van der Waals surface area contributed by atoms with E-state index in [2.05, 4.69) is 22.1 Å². The van der Waals surface area contributed by atoms with Crippen LogP contribution in [-0.2, 0) is 25.8 Å². The lowest BCUT2D eigenvalue weighted by Gasteiger charge is -2.25. The molecule has 3 aromatic rings. The zero-order chi connectivity index (χ0) is 17.9. The second-order valence-electron chi connectivity index (χ2n) is 6.33. The summed E-state index contributed by atoms with van der Waals surface area (Å²) < 4.78 is 19.2. The van der Waals surface area contributed by atoms with Crippen molar-refractivity contribution in [3.05, 3.63) is 83.1 Å². The lowest BCUT2D eigenvalue weighted by molar-refractivity contribution is 0.0727. The number of carbonyl (C=O) groups excluding carboxylic acids is 1. The molecule has 0 atom stereocenters. The van der Waals surface area contributed by atoms with Crippen molar-refractivity contribution in [2.45, 2.75) is 25.8 Å². The van der Waals surface area contributed by atoms with Crippen LogP contribution in [0.15, 0.2) is 53.2 Å². The number of carbonyl (C=O) groups is 1. The molecular weight excluding hydrogens is 333 g/mol. The third kappa shape index (κ3) is 3.49. The molecule has 4 rings (SSSR count). The molecule has 1 aliphatic heterocycles. The van der Waals surface area contributed by atoms with Gasteiger partial charge in [-0.2, -0.15) is 0 Å². The van der Waals surface area contributed by atoms with E-state index >= 15 is 0 Å². The highest BCUT2D eigenvalue weighted by atomic mass is 19.1. The van der Waals surface area contributed by atoms with Crippen LogP contribution in [0.1, 0.15) is 33.3 Å². The zero-order valence-corrected chi connectivity index (χ0v) is 14.2. The fourth-order valence-electron chi connectivity index (χ4n) is 3.14. The molecule has 6 heteroatoms. The third-order valence-electron chi connectivity index (χ3n) is 4.48. The van der Waals surface area contributed by atoms with E-state index in [-0.39, 0.29) is 11.5 Å². The maximum Gasteiger partial charge on any atom is 0.255 e. The van der Waals surface area contributed by atoms with Gasteiger partial charge >= 0.3 is 0 Å². The van der Waals surface area contributed by atoms with Crippen LogP contribution in [-0.4, -0.2) is 27.3 Å². The van der Waals surface area contributed by atoms with E-state index in [9.17, 15) is 9.18 Å². The predicted molar refractivity (Wildman–Crippen MR) is 93.0 cm³/mol. The van der Waals surface area contributed by atoms with Crippen molar-refractivity contribution >= 4 is 5.91 Å². The molecule has 3 heterocycles. The fraction of sp³-hybridized carbons (Fsp3) is 0.250. The number of nitrogens with zero attached hydrogens (tertiary/aromatic N) is 3. The highest BCUT2D eigenvalue weighted by Gasteiger charge is 2.26. The van der Waals surface area contributed by atoms with Gasteiger partial charge in [0.2, 0.25) is 0 Å². The standard InChI is InChI=1S/C20H18FN3O2/c21-16-10-15(11-22-12-16)20(25)24-9-8-18-17(13-24)23-19(26-18)7-6-14-4-2-1-3-5-14/h1-5,10-12H,6-9,13H2. The van der Waals surface area contributed by atoms with Gasteiger partial charge in [0.15, 0.2) is 5.89 Å². The Hall–Kier alpha value is -3.02. The van der Waals surface area contributed by atoms with Gasteiger partial charge in [-0.25, -0.2) is 9.37 Å². The number of rotatable bonds is 4. The minimum atomic E-state index is -0.516. The molecule has 0 aliphatic carbocycles. The Bertz CT molecular complexity index is 924.